The van der Waals surface area contributed by atoms with E-state index < -0.39 is 0 Å². The van der Waals surface area contributed by atoms with Crippen LogP contribution in [-0.2, 0) is 21.3 Å². The molecule has 4 heteroatoms. The van der Waals surface area contributed by atoms with Crippen LogP contribution in [0.3, 0.4) is 0 Å². The van der Waals surface area contributed by atoms with Gasteiger partial charge in [0.25, 0.3) is 0 Å². The molecule has 2 aliphatic heterocycles. The van der Waals surface area contributed by atoms with Crippen molar-refractivity contribution >= 4 is 0 Å². The van der Waals surface area contributed by atoms with Crippen LogP contribution in [0.4, 0.5) is 0 Å². The van der Waals surface area contributed by atoms with Crippen LogP contribution in [0.1, 0.15) is 42.5 Å². The van der Waals surface area contributed by atoms with Crippen molar-refractivity contribution in [3.8, 4) is 11.5 Å². The lowest BCUT2D eigenvalue weighted by Gasteiger charge is -2.32. The van der Waals surface area contributed by atoms with Crippen molar-refractivity contribution in [3.05, 3.63) is 95.1 Å². The van der Waals surface area contributed by atoms with Gasteiger partial charge in [-0.3, -0.25) is 0 Å². The second-order valence-electron chi connectivity index (χ2n) is 9.15. The normalized spacial score (nSPS) is 20.7. The maximum atomic E-state index is 5.87. The molecule has 2 saturated heterocycles. The van der Waals surface area contributed by atoms with Crippen molar-refractivity contribution in [2.45, 2.75) is 44.3 Å². The summed E-state index contributed by atoms with van der Waals surface area (Å²) < 4.78 is 22.2. The van der Waals surface area contributed by atoms with Crippen LogP contribution in [0.15, 0.2) is 72.8 Å². The van der Waals surface area contributed by atoms with E-state index in [-0.39, 0.29) is 17.6 Å². The summed E-state index contributed by atoms with van der Waals surface area (Å²) in [6.07, 6.45) is 2.76. The van der Waals surface area contributed by atoms with Gasteiger partial charge in [0.1, 0.15) is 36.9 Å². The van der Waals surface area contributed by atoms with Crippen LogP contribution in [0, 0.1) is 0 Å². The quantitative estimate of drug-likeness (QED) is 0.287. The summed E-state index contributed by atoms with van der Waals surface area (Å²) in [6.45, 7) is 7.35. The van der Waals surface area contributed by atoms with Gasteiger partial charge in [-0.2, -0.15) is 0 Å². The van der Waals surface area contributed by atoms with Crippen LogP contribution in [0.2, 0.25) is 0 Å². The molecule has 0 N–H and O–H groups in total. The minimum Gasteiger partial charge on any atom is -0.491 e. The summed E-state index contributed by atoms with van der Waals surface area (Å²) in [5, 5.41) is 0. The van der Waals surface area contributed by atoms with Crippen molar-refractivity contribution in [3.63, 3.8) is 0 Å². The van der Waals surface area contributed by atoms with Gasteiger partial charge in [-0.15, -0.1) is 0 Å². The first-order chi connectivity index (χ1) is 16.1. The van der Waals surface area contributed by atoms with Gasteiger partial charge >= 0.3 is 0 Å². The summed E-state index contributed by atoms with van der Waals surface area (Å²) >= 11 is 0. The summed E-state index contributed by atoms with van der Waals surface area (Å²) in [4.78, 5) is 0. The average molecular weight is 445 g/mol. The standard InChI is InChI=1S/C29H32O4/c1-3-4-21-5-7-22(8-6-21)29(2,23-9-13-25(14-10-23)30-17-27-19-32-27)24-11-15-26(16-12-24)31-18-28-20-33-28/h5-16,27-28H,3-4,17-20H2,1-2H3. The molecule has 0 spiro atoms. The zero-order valence-electron chi connectivity index (χ0n) is 19.5. The summed E-state index contributed by atoms with van der Waals surface area (Å²) in [7, 11) is 0. The lowest BCUT2D eigenvalue weighted by Crippen LogP contribution is -2.25. The van der Waals surface area contributed by atoms with E-state index in [4.69, 9.17) is 18.9 Å². The van der Waals surface area contributed by atoms with Crippen LogP contribution >= 0.6 is 0 Å². The van der Waals surface area contributed by atoms with Crippen molar-refractivity contribution in [1.29, 1.82) is 0 Å². The number of hydrogen-bond donors (Lipinski definition) is 0. The Morgan fingerprint density at radius 1 is 0.697 bits per heavy atom. The Morgan fingerprint density at radius 2 is 1.09 bits per heavy atom. The highest BCUT2D eigenvalue weighted by Gasteiger charge is 2.32. The monoisotopic (exact) mass is 444 g/mol. The maximum Gasteiger partial charge on any atom is 0.119 e. The van der Waals surface area contributed by atoms with Crippen LogP contribution < -0.4 is 9.47 Å². The first-order valence-corrected chi connectivity index (χ1v) is 11.9. The molecule has 0 saturated carbocycles. The number of benzene rings is 3. The number of hydrogen-bond acceptors (Lipinski definition) is 4. The van der Waals surface area contributed by atoms with E-state index in [1.165, 1.54) is 22.3 Å². The Bertz CT molecular complexity index is 973. The Hall–Kier alpha value is -2.82. The van der Waals surface area contributed by atoms with Gasteiger partial charge < -0.3 is 18.9 Å². The average Bonchev–Trinajstić information content (AvgIpc) is 3.78. The Morgan fingerprint density at radius 3 is 1.45 bits per heavy atom. The third kappa shape index (κ3) is 5.23. The molecule has 0 bridgehead atoms. The fourth-order valence-corrected chi connectivity index (χ4v) is 4.27. The minimum absolute atomic E-state index is 0.254. The van der Waals surface area contributed by atoms with Gasteiger partial charge in [0, 0.05) is 5.41 Å². The number of aryl methyl sites for hydroxylation is 1. The van der Waals surface area contributed by atoms with Gasteiger partial charge in [0.15, 0.2) is 0 Å². The van der Waals surface area contributed by atoms with Crippen LogP contribution in [0.5, 0.6) is 11.5 Å². The van der Waals surface area contributed by atoms with E-state index in [0.717, 1.165) is 37.6 Å². The molecule has 2 atom stereocenters. The largest absolute Gasteiger partial charge is 0.491 e. The highest BCUT2D eigenvalue weighted by Crippen LogP contribution is 2.40. The topological polar surface area (TPSA) is 43.5 Å². The summed E-state index contributed by atoms with van der Waals surface area (Å²) in [5.74, 6) is 1.75. The molecular weight excluding hydrogens is 412 g/mol. The third-order valence-corrected chi connectivity index (χ3v) is 6.61. The lowest BCUT2D eigenvalue weighted by molar-refractivity contribution is 0.263. The second-order valence-corrected chi connectivity index (χ2v) is 9.15. The smallest absolute Gasteiger partial charge is 0.119 e. The Balaban J connectivity index is 1.44. The molecule has 0 aromatic heterocycles. The van der Waals surface area contributed by atoms with Gasteiger partial charge in [0.2, 0.25) is 0 Å². The molecule has 4 nitrogen and oxygen atoms in total. The fourth-order valence-electron chi connectivity index (χ4n) is 4.27. The minimum atomic E-state index is -0.305. The van der Waals surface area contributed by atoms with Crippen LogP contribution in [0.25, 0.3) is 0 Å². The SMILES string of the molecule is CCCc1ccc(C(C)(c2ccc(OCC3CO3)cc2)c2ccc(OCC3CO3)cc2)cc1. The molecule has 172 valence electrons. The predicted octanol–water partition coefficient (Wildman–Crippen LogP) is 5.55. The molecule has 2 unspecified atom stereocenters. The predicted molar refractivity (Wildman–Crippen MR) is 129 cm³/mol. The molecule has 3 aromatic carbocycles. The highest BCUT2D eigenvalue weighted by molar-refractivity contribution is 5.51. The molecule has 3 aromatic rings. The Labute approximate surface area is 196 Å². The van der Waals surface area contributed by atoms with E-state index >= 15 is 0 Å². The molecular formula is C29H32O4. The molecule has 2 heterocycles. The van der Waals surface area contributed by atoms with Crippen molar-refractivity contribution in [2.24, 2.45) is 0 Å². The van der Waals surface area contributed by atoms with Gasteiger partial charge in [0.05, 0.1) is 13.2 Å². The molecule has 2 aliphatic rings. The molecule has 2 fully saturated rings. The zero-order valence-corrected chi connectivity index (χ0v) is 19.5. The van der Waals surface area contributed by atoms with Gasteiger partial charge in [-0.1, -0.05) is 61.9 Å². The van der Waals surface area contributed by atoms with Crippen LogP contribution in [-0.4, -0.2) is 38.6 Å². The van der Waals surface area contributed by atoms with Crippen molar-refractivity contribution < 1.29 is 18.9 Å². The molecule has 33 heavy (non-hydrogen) atoms. The van der Waals surface area contributed by atoms with E-state index in [9.17, 15) is 0 Å². The van der Waals surface area contributed by atoms with E-state index in [0.29, 0.717) is 13.2 Å². The number of ether oxygens (including phenoxy) is 4. The lowest BCUT2D eigenvalue weighted by atomic mass is 9.71. The maximum absolute atomic E-state index is 5.87. The van der Waals surface area contributed by atoms with Gasteiger partial charge in [-0.05, 0) is 59.9 Å². The second kappa shape index (κ2) is 9.58. The summed E-state index contributed by atoms with van der Waals surface area (Å²) in [6, 6.07) is 26.0. The third-order valence-electron chi connectivity index (χ3n) is 6.61. The first-order valence-electron chi connectivity index (χ1n) is 11.9. The molecule has 0 radical (unpaired) electrons. The van der Waals surface area contributed by atoms with E-state index in [2.05, 4.69) is 86.6 Å². The molecule has 0 amide bonds. The Kier molecular flexibility index (Phi) is 6.39. The highest BCUT2D eigenvalue weighted by atomic mass is 16.6. The zero-order chi connectivity index (χ0) is 22.7. The number of rotatable bonds is 11. The fraction of sp³-hybridized carbons (Fsp3) is 0.379. The van der Waals surface area contributed by atoms with Crippen molar-refractivity contribution in [1.82, 2.24) is 0 Å². The van der Waals surface area contributed by atoms with Gasteiger partial charge in [-0.25, -0.2) is 0 Å². The number of epoxide rings is 2. The molecule has 0 aliphatic carbocycles. The first kappa shape index (κ1) is 22.0. The summed E-state index contributed by atoms with van der Waals surface area (Å²) in [5.41, 5.74) is 4.78. The van der Waals surface area contributed by atoms with Crippen molar-refractivity contribution in [2.75, 3.05) is 26.4 Å². The molecule has 5 rings (SSSR count). The van der Waals surface area contributed by atoms with E-state index in [1.54, 1.807) is 0 Å². The van der Waals surface area contributed by atoms with E-state index in [1.807, 2.05) is 0 Å².